The number of nitrogens with two attached hydrogens (primary N) is 1. The molecular weight excluding hydrogens is 326 g/mol. The second-order valence-electron chi connectivity index (χ2n) is 5.38. The molecule has 0 atom stereocenters. The molecule has 0 aliphatic heterocycles. The summed E-state index contributed by atoms with van der Waals surface area (Å²) < 4.78 is 5.24. The van der Waals surface area contributed by atoms with Gasteiger partial charge in [-0.2, -0.15) is 0 Å². The minimum atomic E-state index is -0.278. The predicted octanol–water partition coefficient (Wildman–Crippen LogP) is 4.09. The zero-order valence-electron chi connectivity index (χ0n) is 12.4. The molecular formula is C18H12ClN3O2. The number of hydrogen-bond donors (Lipinski definition) is 2. The molecule has 0 fully saturated rings. The summed E-state index contributed by atoms with van der Waals surface area (Å²) in [4.78, 5) is 15.6. The van der Waals surface area contributed by atoms with Crippen LogP contribution < -0.4 is 11.3 Å². The van der Waals surface area contributed by atoms with Crippen LogP contribution in [-0.4, -0.2) is 10.1 Å². The Labute approximate surface area is 141 Å². The molecule has 4 rings (SSSR count). The Balaban J connectivity index is 2.18. The van der Waals surface area contributed by atoms with Crippen LogP contribution in [0.25, 0.3) is 33.4 Å². The van der Waals surface area contributed by atoms with Gasteiger partial charge in [0.15, 0.2) is 11.6 Å². The molecule has 0 amide bonds. The van der Waals surface area contributed by atoms with E-state index in [1.165, 1.54) is 6.07 Å². The number of pyridine rings is 1. The number of halogens is 1. The lowest BCUT2D eigenvalue weighted by Crippen LogP contribution is -2.11. The summed E-state index contributed by atoms with van der Waals surface area (Å²) in [5, 5.41) is 5.09. The standard InChI is InChI=1S/C18H12ClN3O2/c19-11-6-7-13-12(8-11)16(10-4-2-1-3-5-10)17(18(23)21-13)14-9-15(20)22-24-14/h1-9H,(H2,20,22)(H,21,23). The van der Waals surface area contributed by atoms with E-state index >= 15 is 0 Å². The summed E-state index contributed by atoms with van der Waals surface area (Å²) >= 11 is 6.17. The average molecular weight is 338 g/mol. The van der Waals surface area contributed by atoms with E-state index in [9.17, 15) is 4.79 Å². The summed E-state index contributed by atoms with van der Waals surface area (Å²) in [6.45, 7) is 0. The number of rotatable bonds is 2. The van der Waals surface area contributed by atoms with E-state index < -0.39 is 0 Å². The SMILES string of the molecule is Nc1cc(-c2c(-c3ccccc3)c3cc(Cl)ccc3[nH]c2=O)on1. The van der Waals surface area contributed by atoms with Crippen molar-refractivity contribution in [1.29, 1.82) is 0 Å². The molecule has 6 heteroatoms. The number of anilines is 1. The summed E-state index contributed by atoms with van der Waals surface area (Å²) in [5.74, 6) is 0.532. The number of nitrogen functional groups attached to an aromatic ring is 1. The van der Waals surface area contributed by atoms with Crippen molar-refractivity contribution in [3.63, 3.8) is 0 Å². The molecule has 0 radical (unpaired) electrons. The van der Waals surface area contributed by atoms with Crippen LogP contribution >= 0.6 is 11.6 Å². The molecule has 118 valence electrons. The number of H-pyrrole nitrogens is 1. The fourth-order valence-electron chi connectivity index (χ4n) is 2.81. The van der Waals surface area contributed by atoms with Crippen molar-refractivity contribution in [2.24, 2.45) is 0 Å². The number of fused-ring (bicyclic) bond motifs is 1. The Morgan fingerprint density at radius 1 is 1.04 bits per heavy atom. The first-order valence-corrected chi connectivity index (χ1v) is 7.65. The molecule has 0 spiro atoms. The summed E-state index contributed by atoms with van der Waals surface area (Å²) in [6, 6.07) is 16.5. The number of aromatic nitrogens is 2. The third-order valence-electron chi connectivity index (χ3n) is 3.81. The highest BCUT2D eigenvalue weighted by molar-refractivity contribution is 6.31. The lowest BCUT2D eigenvalue weighted by Gasteiger charge is -2.11. The topological polar surface area (TPSA) is 84.9 Å². The van der Waals surface area contributed by atoms with Gasteiger partial charge in [-0.15, -0.1) is 0 Å². The molecule has 0 aliphatic carbocycles. The van der Waals surface area contributed by atoms with Crippen LogP contribution in [0.2, 0.25) is 5.02 Å². The molecule has 24 heavy (non-hydrogen) atoms. The average Bonchev–Trinajstić information content (AvgIpc) is 3.01. The van der Waals surface area contributed by atoms with Crippen LogP contribution in [0, 0.1) is 0 Å². The van der Waals surface area contributed by atoms with Crippen LogP contribution in [0.3, 0.4) is 0 Å². The van der Waals surface area contributed by atoms with Crippen molar-refractivity contribution >= 4 is 28.3 Å². The second kappa shape index (κ2) is 5.54. The fourth-order valence-corrected chi connectivity index (χ4v) is 2.98. The van der Waals surface area contributed by atoms with E-state index in [1.807, 2.05) is 36.4 Å². The molecule has 2 heterocycles. The van der Waals surface area contributed by atoms with Crippen molar-refractivity contribution in [3.05, 3.63) is 70.0 Å². The Bertz CT molecular complexity index is 1100. The number of nitrogens with zero attached hydrogens (tertiary/aromatic N) is 1. The maximum Gasteiger partial charge on any atom is 0.260 e. The number of aromatic amines is 1. The van der Waals surface area contributed by atoms with Gasteiger partial charge in [0.1, 0.15) is 0 Å². The van der Waals surface area contributed by atoms with Gasteiger partial charge in [0.25, 0.3) is 5.56 Å². The quantitative estimate of drug-likeness (QED) is 0.577. The van der Waals surface area contributed by atoms with Crippen molar-refractivity contribution in [2.45, 2.75) is 0 Å². The summed E-state index contributed by atoms with van der Waals surface area (Å²) in [6.07, 6.45) is 0. The van der Waals surface area contributed by atoms with E-state index in [0.29, 0.717) is 21.9 Å². The predicted molar refractivity (Wildman–Crippen MR) is 94.9 cm³/mol. The van der Waals surface area contributed by atoms with Gasteiger partial charge in [0.2, 0.25) is 0 Å². The van der Waals surface area contributed by atoms with Crippen LogP contribution in [0.5, 0.6) is 0 Å². The molecule has 0 saturated heterocycles. The Morgan fingerprint density at radius 3 is 2.54 bits per heavy atom. The van der Waals surface area contributed by atoms with E-state index in [2.05, 4.69) is 10.1 Å². The van der Waals surface area contributed by atoms with Crippen LogP contribution in [0.4, 0.5) is 5.82 Å². The minimum absolute atomic E-state index is 0.217. The van der Waals surface area contributed by atoms with E-state index in [0.717, 1.165) is 16.5 Å². The number of hydrogen-bond acceptors (Lipinski definition) is 4. The highest BCUT2D eigenvalue weighted by atomic mass is 35.5. The first kappa shape index (κ1) is 14.5. The van der Waals surface area contributed by atoms with E-state index in [1.54, 1.807) is 12.1 Å². The van der Waals surface area contributed by atoms with Gasteiger partial charge in [-0.05, 0) is 23.8 Å². The van der Waals surface area contributed by atoms with Gasteiger partial charge in [0.05, 0.1) is 5.56 Å². The fraction of sp³-hybridized carbons (Fsp3) is 0. The number of benzene rings is 2. The summed E-state index contributed by atoms with van der Waals surface area (Å²) in [7, 11) is 0. The van der Waals surface area contributed by atoms with Crippen LogP contribution in [0.1, 0.15) is 0 Å². The molecule has 3 N–H and O–H groups in total. The smallest absolute Gasteiger partial charge is 0.260 e. The summed E-state index contributed by atoms with van der Waals surface area (Å²) in [5.41, 5.74) is 8.05. The van der Waals surface area contributed by atoms with Crippen molar-refractivity contribution < 1.29 is 4.52 Å². The Morgan fingerprint density at radius 2 is 1.83 bits per heavy atom. The van der Waals surface area contributed by atoms with E-state index in [4.69, 9.17) is 21.9 Å². The third kappa shape index (κ3) is 2.35. The molecule has 0 unspecified atom stereocenters. The highest BCUT2D eigenvalue weighted by Crippen LogP contribution is 2.36. The minimum Gasteiger partial charge on any atom is -0.381 e. The first-order valence-electron chi connectivity index (χ1n) is 7.27. The zero-order chi connectivity index (χ0) is 16.7. The third-order valence-corrected chi connectivity index (χ3v) is 4.05. The van der Waals surface area contributed by atoms with Gasteiger partial charge < -0.3 is 15.2 Å². The Hall–Kier alpha value is -3.05. The molecule has 0 saturated carbocycles. The molecule has 2 aromatic heterocycles. The van der Waals surface area contributed by atoms with Crippen LogP contribution in [0.15, 0.2) is 63.9 Å². The monoisotopic (exact) mass is 337 g/mol. The van der Waals surface area contributed by atoms with Crippen molar-refractivity contribution in [1.82, 2.24) is 10.1 Å². The van der Waals surface area contributed by atoms with Crippen molar-refractivity contribution in [3.8, 4) is 22.5 Å². The molecule has 5 nitrogen and oxygen atoms in total. The zero-order valence-corrected chi connectivity index (χ0v) is 13.2. The normalized spacial score (nSPS) is 11.0. The van der Waals surface area contributed by atoms with Gasteiger partial charge in [-0.1, -0.05) is 47.1 Å². The highest BCUT2D eigenvalue weighted by Gasteiger charge is 2.19. The number of nitrogens with one attached hydrogen (secondary N) is 1. The van der Waals surface area contributed by atoms with Gasteiger partial charge in [-0.3, -0.25) is 4.79 Å². The maximum absolute atomic E-state index is 12.7. The lowest BCUT2D eigenvalue weighted by molar-refractivity contribution is 0.435. The molecule has 4 aromatic rings. The second-order valence-corrected chi connectivity index (χ2v) is 5.81. The molecule has 2 aromatic carbocycles. The molecule has 0 aliphatic rings. The van der Waals surface area contributed by atoms with Crippen molar-refractivity contribution in [2.75, 3.05) is 5.73 Å². The largest absolute Gasteiger partial charge is 0.381 e. The Kier molecular flexibility index (Phi) is 3.36. The van der Waals surface area contributed by atoms with Gasteiger partial charge in [0, 0.05) is 27.6 Å². The van der Waals surface area contributed by atoms with Crippen LogP contribution in [-0.2, 0) is 0 Å². The van der Waals surface area contributed by atoms with Gasteiger partial charge >= 0.3 is 0 Å². The maximum atomic E-state index is 12.7. The lowest BCUT2D eigenvalue weighted by atomic mass is 9.95. The van der Waals surface area contributed by atoms with E-state index in [-0.39, 0.29) is 11.4 Å². The van der Waals surface area contributed by atoms with Gasteiger partial charge in [-0.25, -0.2) is 0 Å². The first-order chi connectivity index (χ1) is 11.6. The molecule has 0 bridgehead atoms.